The highest BCUT2D eigenvalue weighted by Crippen LogP contribution is 2.08. The summed E-state index contributed by atoms with van der Waals surface area (Å²) in [5.74, 6) is 0.793. The molecule has 1 amide bonds. The van der Waals surface area contributed by atoms with Crippen LogP contribution >= 0.6 is 0 Å². The van der Waals surface area contributed by atoms with E-state index in [4.69, 9.17) is 9.47 Å². The zero-order valence-corrected chi connectivity index (χ0v) is 11.9. The van der Waals surface area contributed by atoms with Crippen LogP contribution in [0, 0.1) is 0 Å². The first-order valence-electron chi connectivity index (χ1n) is 6.84. The number of rotatable bonds is 10. The van der Waals surface area contributed by atoms with Crippen LogP contribution in [0.25, 0.3) is 0 Å². The molecule has 0 bridgehead atoms. The lowest BCUT2D eigenvalue weighted by Gasteiger charge is -2.10. The standard InChI is InChI=1S/C15H23NO4/c1-19-12-13(17)9-10-16-15(18)8-5-11-20-14-6-3-2-4-7-14/h2-4,6-7,13,17H,5,8-12H2,1H3,(H,16,18). The lowest BCUT2D eigenvalue weighted by atomic mass is 10.2. The molecule has 0 aromatic heterocycles. The second-order valence-corrected chi connectivity index (χ2v) is 4.51. The highest BCUT2D eigenvalue weighted by Gasteiger charge is 2.05. The third-order valence-corrected chi connectivity index (χ3v) is 2.72. The molecule has 1 aromatic rings. The molecule has 112 valence electrons. The maximum atomic E-state index is 11.5. The highest BCUT2D eigenvalue weighted by atomic mass is 16.5. The summed E-state index contributed by atoms with van der Waals surface area (Å²) in [4.78, 5) is 11.5. The quantitative estimate of drug-likeness (QED) is 0.635. The molecule has 5 nitrogen and oxygen atoms in total. The molecule has 0 fully saturated rings. The van der Waals surface area contributed by atoms with Gasteiger partial charge < -0.3 is 19.9 Å². The molecular formula is C15H23NO4. The largest absolute Gasteiger partial charge is 0.494 e. The molecule has 0 heterocycles. The van der Waals surface area contributed by atoms with Crippen molar-refractivity contribution in [3.63, 3.8) is 0 Å². The van der Waals surface area contributed by atoms with Gasteiger partial charge in [-0.2, -0.15) is 0 Å². The van der Waals surface area contributed by atoms with Crippen molar-refractivity contribution in [3.05, 3.63) is 30.3 Å². The van der Waals surface area contributed by atoms with Crippen molar-refractivity contribution in [2.24, 2.45) is 0 Å². The number of hydrogen-bond acceptors (Lipinski definition) is 4. The van der Waals surface area contributed by atoms with Crippen LogP contribution in [0.4, 0.5) is 0 Å². The van der Waals surface area contributed by atoms with Crippen molar-refractivity contribution < 1.29 is 19.4 Å². The molecule has 0 aliphatic heterocycles. The number of amides is 1. The van der Waals surface area contributed by atoms with Crippen LogP contribution < -0.4 is 10.1 Å². The molecule has 0 aliphatic carbocycles. The van der Waals surface area contributed by atoms with Gasteiger partial charge in [0, 0.05) is 20.1 Å². The summed E-state index contributed by atoms with van der Waals surface area (Å²) in [6, 6.07) is 9.52. The first-order valence-corrected chi connectivity index (χ1v) is 6.84. The van der Waals surface area contributed by atoms with Crippen LogP contribution in [0.1, 0.15) is 19.3 Å². The first-order chi connectivity index (χ1) is 9.72. The van der Waals surface area contributed by atoms with Gasteiger partial charge in [0.1, 0.15) is 5.75 Å². The van der Waals surface area contributed by atoms with E-state index in [0.717, 1.165) is 5.75 Å². The minimum absolute atomic E-state index is 0.0220. The van der Waals surface area contributed by atoms with Crippen molar-refractivity contribution in [1.82, 2.24) is 5.32 Å². The summed E-state index contributed by atoms with van der Waals surface area (Å²) in [5, 5.41) is 12.2. The molecule has 0 aliphatic rings. The lowest BCUT2D eigenvalue weighted by molar-refractivity contribution is -0.121. The first kappa shape index (κ1) is 16.5. The third-order valence-electron chi connectivity index (χ3n) is 2.72. The summed E-state index contributed by atoms with van der Waals surface area (Å²) >= 11 is 0. The van der Waals surface area contributed by atoms with E-state index in [9.17, 15) is 9.90 Å². The predicted molar refractivity (Wildman–Crippen MR) is 76.7 cm³/mol. The molecule has 0 radical (unpaired) electrons. The fourth-order valence-corrected chi connectivity index (χ4v) is 1.68. The summed E-state index contributed by atoms with van der Waals surface area (Å²) in [6.45, 7) is 1.27. The van der Waals surface area contributed by atoms with Gasteiger partial charge in [-0.05, 0) is 25.0 Å². The predicted octanol–water partition coefficient (Wildman–Crippen LogP) is 1.36. The van der Waals surface area contributed by atoms with Crippen molar-refractivity contribution in [1.29, 1.82) is 0 Å². The number of carbonyl (C=O) groups is 1. The van der Waals surface area contributed by atoms with Crippen LogP contribution in [0.3, 0.4) is 0 Å². The normalized spacial score (nSPS) is 11.9. The number of carbonyl (C=O) groups excluding carboxylic acids is 1. The SMILES string of the molecule is COCC(O)CCNC(=O)CCCOc1ccccc1. The van der Waals surface area contributed by atoms with Gasteiger partial charge in [-0.15, -0.1) is 0 Å². The van der Waals surface area contributed by atoms with Crippen LogP contribution in [-0.2, 0) is 9.53 Å². The Morgan fingerprint density at radius 2 is 2.10 bits per heavy atom. The molecule has 1 aromatic carbocycles. The van der Waals surface area contributed by atoms with E-state index in [1.165, 1.54) is 7.11 Å². The van der Waals surface area contributed by atoms with Crippen molar-refractivity contribution >= 4 is 5.91 Å². The van der Waals surface area contributed by atoms with Crippen LogP contribution in [0.15, 0.2) is 30.3 Å². The fourth-order valence-electron chi connectivity index (χ4n) is 1.68. The zero-order chi connectivity index (χ0) is 14.6. The van der Waals surface area contributed by atoms with Crippen molar-refractivity contribution in [2.75, 3.05) is 26.9 Å². The smallest absolute Gasteiger partial charge is 0.220 e. The Morgan fingerprint density at radius 3 is 2.80 bits per heavy atom. The average molecular weight is 281 g/mol. The Morgan fingerprint density at radius 1 is 1.35 bits per heavy atom. The summed E-state index contributed by atoms with van der Waals surface area (Å²) in [5.41, 5.74) is 0. The van der Waals surface area contributed by atoms with E-state index < -0.39 is 6.10 Å². The topological polar surface area (TPSA) is 67.8 Å². The summed E-state index contributed by atoms with van der Waals surface area (Å²) in [6.07, 6.45) is 1.07. The van der Waals surface area contributed by atoms with Gasteiger partial charge in [-0.3, -0.25) is 4.79 Å². The van der Waals surface area contributed by atoms with E-state index in [2.05, 4.69) is 5.32 Å². The molecule has 5 heteroatoms. The Bertz CT molecular complexity index is 369. The van der Waals surface area contributed by atoms with Crippen molar-refractivity contribution in [3.8, 4) is 5.75 Å². The van der Waals surface area contributed by atoms with E-state index in [1.54, 1.807) is 0 Å². The Balaban J connectivity index is 2.00. The van der Waals surface area contributed by atoms with Gasteiger partial charge in [-0.25, -0.2) is 0 Å². The molecule has 1 rings (SSSR count). The van der Waals surface area contributed by atoms with Gasteiger partial charge in [-0.1, -0.05) is 18.2 Å². The Kier molecular flexibility index (Phi) is 8.42. The number of nitrogens with one attached hydrogen (secondary N) is 1. The second kappa shape index (κ2) is 10.2. The molecule has 0 spiro atoms. The summed E-state index contributed by atoms with van der Waals surface area (Å²) < 4.78 is 10.3. The van der Waals surface area contributed by atoms with Gasteiger partial charge in [0.2, 0.25) is 5.91 Å². The minimum atomic E-state index is -0.526. The Hall–Kier alpha value is -1.59. The van der Waals surface area contributed by atoms with E-state index in [-0.39, 0.29) is 5.91 Å². The van der Waals surface area contributed by atoms with Gasteiger partial charge in [0.25, 0.3) is 0 Å². The molecular weight excluding hydrogens is 258 g/mol. The van der Waals surface area contributed by atoms with Crippen molar-refractivity contribution in [2.45, 2.75) is 25.4 Å². The zero-order valence-electron chi connectivity index (χ0n) is 11.9. The van der Waals surface area contributed by atoms with Crippen LogP contribution in [-0.4, -0.2) is 44.0 Å². The van der Waals surface area contributed by atoms with Crippen LogP contribution in [0.5, 0.6) is 5.75 Å². The molecule has 1 atom stereocenters. The van der Waals surface area contributed by atoms with Gasteiger partial charge in [0.15, 0.2) is 0 Å². The fraction of sp³-hybridized carbons (Fsp3) is 0.533. The third kappa shape index (κ3) is 7.76. The van der Waals surface area contributed by atoms with Gasteiger partial charge >= 0.3 is 0 Å². The molecule has 0 saturated carbocycles. The molecule has 2 N–H and O–H groups in total. The maximum absolute atomic E-state index is 11.5. The maximum Gasteiger partial charge on any atom is 0.220 e. The van der Waals surface area contributed by atoms with Gasteiger partial charge in [0.05, 0.1) is 19.3 Å². The number of methoxy groups -OCH3 is 1. The number of benzene rings is 1. The lowest BCUT2D eigenvalue weighted by Crippen LogP contribution is -2.28. The molecule has 1 unspecified atom stereocenters. The minimum Gasteiger partial charge on any atom is -0.494 e. The van der Waals surface area contributed by atoms with E-state index in [1.807, 2.05) is 30.3 Å². The number of aliphatic hydroxyl groups excluding tert-OH is 1. The van der Waals surface area contributed by atoms with Crippen LogP contribution in [0.2, 0.25) is 0 Å². The van der Waals surface area contributed by atoms with E-state index >= 15 is 0 Å². The number of ether oxygens (including phenoxy) is 2. The Labute approximate surface area is 119 Å². The second-order valence-electron chi connectivity index (χ2n) is 4.51. The molecule has 0 saturated heterocycles. The average Bonchev–Trinajstić information content (AvgIpc) is 2.45. The monoisotopic (exact) mass is 281 g/mol. The summed E-state index contributed by atoms with van der Waals surface area (Å²) in [7, 11) is 1.54. The number of hydrogen-bond donors (Lipinski definition) is 2. The highest BCUT2D eigenvalue weighted by molar-refractivity contribution is 5.75. The number of aliphatic hydroxyl groups is 1. The van der Waals surface area contributed by atoms with E-state index in [0.29, 0.717) is 39.0 Å². The molecule has 20 heavy (non-hydrogen) atoms. The number of para-hydroxylation sites is 1.